The Kier molecular flexibility index (Phi) is 15.3. The van der Waals surface area contributed by atoms with E-state index >= 15 is 0 Å². The molecule has 2 saturated carbocycles. The summed E-state index contributed by atoms with van der Waals surface area (Å²) in [6.45, 7) is 18.3. The zero-order chi connectivity index (χ0) is 41.2. The predicted molar refractivity (Wildman–Crippen MR) is 250 cm³/mol. The summed E-state index contributed by atoms with van der Waals surface area (Å²) < 4.78 is 0. The highest BCUT2D eigenvalue weighted by Crippen LogP contribution is 2.44. The van der Waals surface area contributed by atoms with Crippen LogP contribution in [0, 0.1) is 47.9 Å². The lowest BCUT2D eigenvalue weighted by Crippen LogP contribution is -2.20. The van der Waals surface area contributed by atoms with Crippen LogP contribution in [0.1, 0.15) is 172 Å². The van der Waals surface area contributed by atoms with Crippen LogP contribution in [0.15, 0.2) is 84.4 Å². The van der Waals surface area contributed by atoms with Crippen molar-refractivity contribution in [3.63, 3.8) is 0 Å². The second-order valence-corrected chi connectivity index (χ2v) is 19.8. The Balaban J connectivity index is 0.00000661. The molecule has 1 aromatic heterocycles. The van der Waals surface area contributed by atoms with Crippen molar-refractivity contribution in [2.75, 3.05) is 0 Å². The maximum Gasteiger partial charge on any atom is 0.381 e. The van der Waals surface area contributed by atoms with Crippen molar-refractivity contribution in [3.05, 3.63) is 112 Å². The molecule has 0 bridgehead atoms. The Morgan fingerprint density at radius 3 is 2.47 bits per heavy atom. The van der Waals surface area contributed by atoms with E-state index in [0.717, 1.165) is 53.5 Å². The summed E-state index contributed by atoms with van der Waals surface area (Å²) in [6.07, 6.45) is 27.7. The number of fused-ring (bicyclic) bond motifs is 1. The molecule has 58 heavy (non-hydrogen) atoms. The molecule has 0 amide bonds. The Hall–Kier alpha value is -3.94. The lowest BCUT2D eigenvalue weighted by atomic mass is 9.72. The van der Waals surface area contributed by atoms with Gasteiger partial charge in [0.2, 0.25) is 0 Å². The summed E-state index contributed by atoms with van der Waals surface area (Å²) in [6, 6.07) is 16.1. The molecule has 0 radical (unpaired) electrons. The van der Waals surface area contributed by atoms with Crippen LogP contribution in [0.4, 0.5) is 0 Å². The summed E-state index contributed by atoms with van der Waals surface area (Å²) in [4.78, 5) is 17.1. The summed E-state index contributed by atoms with van der Waals surface area (Å²) in [5.41, 5.74) is 13.9. The van der Waals surface area contributed by atoms with Crippen LogP contribution in [-0.4, -0.2) is 16.1 Å². The molecule has 1 N–H and O–H groups in total. The van der Waals surface area contributed by atoms with Gasteiger partial charge < -0.3 is 5.11 Å². The smallest absolute Gasteiger partial charge is 0.381 e. The third kappa shape index (κ3) is 11.8. The van der Waals surface area contributed by atoms with E-state index in [1.807, 2.05) is 12.4 Å². The van der Waals surface area contributed by atoms with Gasteiger partial charge in [0.05, 0.1) is 16.1 Å². The number of aryl methyl sites for hydroxylation is 1. The minimum atomic E-state index is -1.06. The van der Waals surface area contributed by atoms with Crippen LogP contribution in [0.5, 0.6) is 0 Å². The minimum Gasteiger partial charge on any atom is -0.472 e. The normalized spacial score (nSPS) is 21.6. The molecule has 3 aromatic rings. The molecule has 3 aliphatic carbocycles. The van der Waals surface area contributed by atoms with E-state index in [9.17, 15) is 9.90 Å². The topological polar surface area (TPSA) is 50.2 Å². The molecule has 0 aliphatic heterocycles. The van der Waals surface area contributed by atoms with E-state index in [0.29, 0.717) is 17.8 Å². The molecule has 2 fully saturated rings. The number of aromatic nitrogens is 1. The Morgan fingerprint density at radius 2 is 1.76 bits per heavy atom. The Labute approximate surface area is 356 Å². The van der Waals surface area contributed by atoms with Crippen molar-refractivity contribution in [2.24, 2.45) is 29.1 Å². The zero-order valence-electron chi connectivity index (χ0n) is 36.4. The van der Waals surface area contributed by atoms with E-state index in [1.54, 1.807) is 16.9 Å². The van der Waals surface area contributed by atoms with Gasteiger partial charge in [0, 0.05) is 13.3 Å². The van der Waals surface area contributed by atoms with Gasteiger partial charge in [-0.1, -0.05) is 145 Å². The van der Waals surface area contributed by atoms with Gasteiger partial charge >= 0.3 is 5.97 Å². The number of benzene rings is 2. The summed E-state index contributed by atoms with van der Waals surface area (Å²) in [7, 11) is 0. The largest absolute Gasteiger partial charge is 0.472 e. The van der Waals surface area contributed by atoms with Gasteiger partial charge in [-0.3, -0.25) is 0 Å². The maximum atomic E-state index is 11.5. The van der Waals surface area contributed by atoms with Crippen LogP contribution in [0.2, 0.25) is 0 Å². The zero-order valence-corrected chi connectivity index (χ0v) is 37.2. The SMILES string of the molecule is C=C1C=C(CC(C)/C=C\C)c2ccc(C3CCCC(CCC(C)(C)CC[C@H](C#CC(=O)O)c4ccc(-c5scnc5C)cc4)C(C)CC3)cc2C(CC2CCCC2)=C1.[HH]. The summed E-state index contributed by atoms with van der Waals surface area (Å²) in [5.74, 6) is 7.74. The molecule has 5 atom stereocenters. The monoisotopic (exact) mass is 798 g/mol. The fourth-order valence-corrected chi connectivity index (χ4v) is 11.1. The molecule has 6 rings (SSSR count). The first-order valence-corrected chi connectivity index (χ1v) is 23.4. The number of hydrogen-bond donors (Lipinski definition) is 1. The quantitative estimate of drug-likeness (QED) is 0.131. The summed E-state index contributed by atoms with van der Waals surface area (Å²) >= 11 is 1.65. The Morgan fingerprint density at radius 1 is 1.00 bits per heavy atom. The minimum absolute atomic E-state index is 0. The molecule has 4 unspecified atom stereocenters. The van der Waals surface area contributed by atoms with Gasteiger partial charge in [-0.2, -0.15) is 0 Å². The van der Waals surface area contributed by atoms with Crippen molar-refractivity contribution >= 4 is 28.5 Å². The number of hydrogen-bond acceptors (Lipinski definition) is 3. The maximum absolute atomic E-state index is 11.5. The molecule has 2 aromatic carbocycles. The highest BCUT2D eigenvalue weighted by molar-refractivity contribution is 7.13. The molecule has 0 saturated heterocycles. The second kappa shape index (κ2) is 20.4. The van der Waals surface area contributed by atoms with Crippen LogP contribution >= 0.6 is 11.3 Å². The van der Waals surface area contributed by atoms with Crippen LogP contribution < -0.4 is 0 Å². The van der Waals surface area contributed by atoms with Gasteiger partial charge in [0.1, 0.15) is 0 Å². The first-order chi connectivity index (χ1) is 27.9. The molecule has 3 aliphatic rings. The number of carbonyl (C=O) groups is 1. The first-order valence-electron chi connectivity index (χ1n) is 22.5. The van der Waals surface area contributed by atoms with E-state index < -0.39 is 5.97 Å². The predicted octanol–water partition coefficient (Wildman–Crippen LogP) is 15.6. The first kappa shape index (κ1) is 43.6. The second-order valence-electron chi connectivity index (χ2n) is 19.0. The molecular formula is C54H71NO2S. The van der Waals surface area contributed by atoms with Gasteiger partial charge in [-0.25, -0.2) is 9.78 Å². The molecule has 310 valence electrons. The average Bonchev–Trinajstić information content (AvgIpc) is 3.85. The van der Waals surface area contributed by atoms with Crippen molar-refractivity contribution in [2.45, 2.75) is 150 Å². The number of carboxylic acids is 1. The van der Waals surface area contributed by atoms with E-state index in [2.05, 4.69) is 125 Å². The van der Waals surface area contributed by atoms with Crippen LogP contribution in [0.3, 0.4) is 0 Å². The third-order valence-corrected chi connectivity index (χ3v) is 14.8. The third-order valence-electron chi connectivity index (χ3n) is 13.9. The van der Waals surface area contributed by atoms with Gasteiger partial charge in [0.25, 0.3) is 0 Å². The number of nitrogens with zero attached hydrogens (tertiary/aromatic N) is 1. The Bertz CT molecular complexity index is 2030. The number of carboxylic acid groups (broad SMARTS) is 1. The van der Waals surface area contributed by atoms with E-state index in [1.165, 1.54) is 104 Å². The lowest BCUT2D eigenvalue weighted by Gasteiger charge is -2.33. The van der Waals surface area contributed by atoms with Gasteiger partial charge in [-0.15, -0.1) is 11.3 Å². The highest BCUT2D eigenvalue weighted by atomic mass is 32.1. The number of rotatable bonds is 14. The van der Waals surface area contributed by atoms with E-state index in [-0.39, 0.29) is 12.8 Å². The molecule has 1 heterocycles. The average molecular weight is 798 g/mol. The molecule has 0 spiro atoms. The fourth-order valence-electron chi connectivity index (χ4n) is 10.3. The standard InChI is InChI=1S/C54H69NO2S.H2/c1-8-12-37(2)31-48-32-38(3)33-49(34-41-13-9-10-14-41)51-35-47(23-25-50(48)51)43-16-11-15-42(39(4)17-18-43)27-29-54(6,7)30-28-45(24-26-52(56)57)44-19-21-46(22-20-44)53-40(5)55-36-58-53;/h8,12,19-23,25,32-33,35-37,39,41-43,45H,3,9-11,13-18,27-31,34H2,1-2,4-7H3,(H,56,57);1H/b12-8-;/t37?,39?,42?,43?,45-;/m0./s1. The van der Waals surface area contributed by atoms with Crippen molar-refractivity contribution in [1.29, 1.82) is 0 Å². The summed E-state index contributed by atoms with van der Waals surface area (Å²) in [5, 5.41) is 9.40. The van der Waals surface area contributed by atoms with Crippen molar-refractivity contribution < 1.29 is 11.3 Å². The van der Waals surface area contributed by atoms with Gasteiger partial charge in [-0.05, 0) is 151 Å². The number of aliphatic carboxylic acids is 1. The molecule has 3 nitrogen and oxygen atoms in total. The van der Waals surface area contributed by atoms with Crippen molar-refractivity contribution in [1.82, 2.24) is 4.98 Å². The fraction of sp³-hybridized carbons (Fsp3) is 0.519. The van der Waals surface area contributed by atoms with Gasteiger partial charge in [0.15, 0.2) is 0 Å². The number of allylic oxidation sites excluding steroid dienone is 7. The molecular weight excluding hydrogens is 727 g/mol. The molecule has 4 heteroatoms. The van der Waals surface area contributed by atoms with Crippen LogP contribution in [0.25, 0.3) is 21.6 Å². The number of thiazole rings is 1. The van der Waals surface area contributed by atoms with Crippen LogP contribution in [-0.2, 0) is 4.79 Å². The highest BCUT2D eigenvalue weighted by Gasteiger charge is 2.29. The lowest BCUT2D eigenvalue weighted by molar-refractivity contribution is -0.130. The van der Waals surface area contributed by atoms with Crippen molar-refractivity contribution in [3.8, 4) is 22.3 Å². The van der Waals surface area contributed by atoms with E-state index in [4.69, 9.17) is 0 Å².